The van der Waals surface area contributed by atoms with Gasteiger partial charge in [0.1, 0.15) is 12.1 Å². The monoisotopic (exact) mass is 483 g/mol. The van der Waals surface area contributed by atoms with Gasteiger partial charge in [-0.1, -0.05) is 36.4 Å². The number of urea groups is 1. The molecule has 1 aliphatic carbocycles. The van der Waals surface area contributed by atoms with Gasteiger partial charge in [-0.2, -0.15) is 5.26 Å². The van der Waals surface area contributed by atoms with Crippen molar-refractivity contribution in [1.82, 2.24) is 14.7 Å². The number of fused-ring (bicyclic) bond motifs is 1. The van der Waals surface area contributed by atoms with Gasteiger partial charge >= 0.3 is 6.03 Å². The molecule has 2 aromatic carbocycles. The molecular weight excluding hydrogens is 450 g/mol. The van der Waals surface area contributed by atoms with Crippen molar-refractivity contribution in [1.29, 1.82) is 5.26 Å². The molecule has 0 N–H and O–H groups in total. The van der Waals surface area contributed by atoms with Crippen molar-refractivity contribution in [2.75, 3.05) is 37.6 Å². The third-order valence-corrected chi connectivity index (χ3v) is 8.69. The molecule has 7 nitrogen and oxygen atoms in total. The standard InChI is InChI=1S/C29H33N5O2/c30-13-18-33-28(36)34(26-19-23-5-1-2-6-24(23)20-26)27(35)29(33)11-16-31(17-12-29)21-22-7-9-25(10-8-22)32-14-3-4-15-32/h1-2,5-10,26H,3-4,11-12,14-21H2. The normalized spacial score (nSPS) is 22.0. The van der Waals surface area contributed by atoms with Crippen molar-refractivity contribution in [3.8, 4) is 6.07 Å². The molecule has 0 radical (unpaired) electrons. The van der Waals surface area contributed by atoms with Gasteiger partial charge in [0.25, 0.3) is 5.91 Å². The number of amides is 3. The predicted molar refractivity (Wildman–Crippen MR) is 137 cm³/mol. The minimum Gasteiger partial charge on any atom is -0.372 e. The Hall–Kier alpha value is -3.37. The van der Waals surface area contributed by atoms with Crippen LogP contribution in [-0.2, 0) is 24.2 Å². The van der Waals surface area contributed by atoms with E-state index < -0.39 is 5.54 Å². The van der Waals surface area contributed by atoms with Crippen LogP contribution in [0.2, 0.25) is 0 Å². The molecule has 6 rings (SSSR count). The maximum Gasteiger partial charge on any atom is 0.328 e. The SMILES string of the molecule is N#CCN1C(=O)N(C2Cc3ccccc3C2)C(=O)C12CCN(Cc1ccc(N3CCCC3)cc1)CC2. The highest BCUT2D eigenvalue weighted by molar-refractivity contribution is 6.07. The summed E-state index contributed by atoms with van der Waals surface area (Å²) in [6.07, 6.45) is 5.08. The third-order valence-electron chi connectivity index (χ3n) is 8.69. The van der Waals surface area contributed by atoms with Crippen LogP contribution in [0.15, 0.2) is 48.5 Å². The summed E-state index contributed by atoms with van der Waals surface area (Å²) in [7, 11) is 0. The zero-order valence-corrected chi connectivity index (χ0v) is 20.7. The highest BCUT2D eigenvalue weighted by atomic mass is 16.2. The van der Waals surface area contributed by atoms with Gasteiger partial charge in [-0.15, -0.1) is 0 Å². The van der Waals surface area contributed by atoms with Crippen molar-refractivity contribution in [3.05, 3.63) is 65.2 Å². The summed E-state index contributed by atoms with van der Waals surface area (Å²) in [5, 5.41) is 9.50. The largest absolute Gasteiger partial charge is 0.372 e. The van der Waals surface area contributed by atoms with E-state index >= 15 is 0 Å². The first kappa shape index (κ1) is 23.1. The lowest BCUT2D eigenvalue weighted by molar-refractivity contribution is -0.136. The van der Waals surface area contributed by atoms with E-state index in [9.17, 15) is 14.9 Å². The first-order valence-electron chi connectivity index (χ1n) is 13.2. The lowest BCUT2D eigenvalue weighted by Gasteiger charge is -2.41. The second kappa shape index (κ2) is 9.25. The molecule has 0 saturated carbocycles. The number of anilines is 1. The number of piperidine rings is 1. The van der Waals surface area contributed by atoms with E-state index in [-0.39, 0.29) is 24.5 Å². The zero-order valence-electron chi connectivity index (χ0n) is 20.7. The summed E-state index contributed by atoms with van der Waals surface area (Å²) in [4.78, 5) is 35.2. The first-order valence-corrected chi connectivity index (χ1v) is 13.2. The van der Waals surface area contributed by atoms with E-state index in [1.54, 1.807) is 4.90 Å². The molecule has 3 fully saturated rings. The average Bonchev–Trinajstić information content (AvgIpc) is 3.62. The second-order valence-electron chi connectivity index (χ2n) is 10.7. The molecule has 1 spiro atoms. The number of likely N-dealkylation sites (tertiary alicyclic amines) is 1. The predicted octanol–water partition coefficient (Wildman–Crippen LogP) is 3.58. The Bertz CT molecular complexity index is 1160. The van der Waals surface area contributed by atoms with Gasteiger partial charge < -0.3 is 4.90 Å². The Balaban J connectivity index is 1.14. The summed E-state index contributed by atoms with van der Waals surface area (Å²) >= 11 is 0. The van der Waals surface area contributed by atoms with Crippen LogP contribution in [0.1, 0.15) is 42.4 Å². The number of benzene rings is 2. The van der Waals surface area contributed by atoms with Gasteiger partial charge in [-0.3, -0.25) is 19.5 Å². The van der Waals surface area contributed by atoms with Gasteiger partial charge in [0, 0.05) is 44.5 Å². The smallest absolute Gasteiger partial charge is 0.328 e. The molecule has 2 aromatic rings. The Morgan fingerprint density at radius 1 is 0.889 bits per heavy atom. The van der Waals surface area contributed by atoms with E-state index in [1.165, 1.54) is 40.1 Å². The average molecular weight is 484 g/mol. The number of imide groups is 1. The first-order chi connectivity index (χ1) is 17.6. The molecule has 7 heteroatoms. The molecule has 0 unspecified atom stereocenters. The Labute approximate surface area is 212 Å². The summed E-state index contributed by atoms with van der Waals surface area (Å²) in [5.41, 5.74) is 4.09. The molecule has 0 bridgehead atoms. The molecule has 3 heterocycles. The fraction of sp³-hybridized carbons (Fsp3) is 0.483. The van der Waals surface area contributed by atoms with Crippen molar-refractivity contribution >= 4 is 17.6 Å². The van der Waals surface area contributed by atoms with E-state index in [2.05, 4.69) is 52.3 Å². The van der Waals surface area contributed by atoms with Gasteiger partial charge in [0.05, 0.1) is 6.07 Å². The van der Waals surface area contributed by atoms with E-state index in [1.807, 2.05) is 12.1 Å². The topological polar surface area (TPSA) is 70.9 Å². The molecule has 3 saturated heterocycles. The number of hydrogen-bond acceptors (Lipinski definition) is 5. The minimum absolute atomic E-state index is 0.0430. The maximum absolute atomic E-state index is 13.9. The number of hydrogen-bond donors (Lipinski definition) is 0. The molecule has 3 amide bonds. The summed E-state index contributed by atoms with van der Waals surface area (Å²) in [6, 6.07) is 18.7. The number of rotatable bonds is 5. The molecular formula is C29H33N5O2. The van der Waals surface area contributed by atoms with E-state index in [0.29, 0.717) is 25.7 Å². The van der Waals surface area contributed by atoms with E-state index in [0.717, 1.165) is 32.7 Å². The molecule has 0 aromatic heterocycles. The van der Waals surface area contributed by atoms with Crippen LogP contribution in [0.3, 0.4) is 0 Å². The van der Waals surface area contributed by atoms with Crippen molar-refractivity contribution in [2.24, 2.45) is 0 Å². The lowest BCUT2D eigenvalue weighted by Crippen LogP contribution is -2.56. The van der Waals surface area contributed by atoms with Gasteiger partial charge in [0.2, 0.25) is 0 Å². The third kappa shape index (κ3) is 3.84. The van der Waals surface area contributed by atoms with Crippen LogP contribution >= 0.6 is 0 Å². The minimum atomic E-state index is -0.891. The van der Waals surface area contributed by atoms with Gasteiger partial charge in [-0.25, -0.2) is 4.79 Å². The van der Waals surface area contributed by atoms with Crippen LogP contribution in [0, 0.1) is 11.3 Å². The lowest BCUT2D eigenvalue weighted by atomic mass is 9.85. The Kier molecular flexibility index (Phi) is 5.93. The molecule has 0 atom stereocenters. The van der Waals surface area contributed by atoms with Crippen molar-refractivity contribution in [3.63, 3.8) is 0 Å². The second-order valence-corrected chi connectivity index (χ2v) is 10.7. The summed E-state index contributed by atoms with van der Waals surface area (Å²) < 4.78 is 0. The number of carbonyl (C=O) groups excluding carboxylic acids is 2. The summed E-state index contributed by atoms with van der Waals surface area (Å²) in [5.74, 6) is -0.102. The number of nitriles is 1. The van der Waals surface area contributed by atoms with Crippen molar-refractivity contribution in [2.45, 2.75) is 56.7 Å². The van der Waals surface area contributed by atoms with Crippen LogP contribution in [0.4, 0.5) is 10.5 Å². The van der Waals surface area contributed by atoms with Crippen LogP contribution < -0.4 is 4.90 Å². The zero-order chi connectivity index (χ0) is 24.7. The maximum atomic E-state index is 13.9. The van der Waals surface area contributed by atoms with Gasteiger partial charge in [-0.05, 0) is 67.3 Å². The highest BCUT2D eigenvalue weighted by Gasteiger charge is 2.59. The Morgan fingerprint density at radius 2 is 1.53 bits per heavy atom. The Morgan fingerprint density at radius 3 is 2.14 bits per heavy atom. The summed E-state index contributed by atoms with van der Waals surface area (Å²) in [6.45, 7) is 4.53. The van der Waals surface area contributed by atoms with Gasteiger partial charge in [0.15, 0.2) is 0 Å². The number of carbonyl (C=O) groups is 2. The van der Waals surface area contributed by atoms with Crippen LogP contribution in [-0.4, -0.2) is 70.9 Å². The quantitative estimate of drug-likeness (QED) is 0.480. The van der Waals surface area contributed by atoms with Crippen LogP contribution in [0.25, 0.3) is 0 Å². The van der Waals surface area contributed by atoms with Crippen LogP contribution in [0.5, 0.6) is 0 Å². The van der Waals surface area contributed by atoms with Crippen molar-refractivity contribution < 1.29 is 9.59 Å². The molecule has 4 aliphatic rings. The number of nitrogens with zero attached hydrogens (tertiary/aromatic N) is 5. The fourth-order valence-electron chi connectivity index (χ4n) is 6.68. The molecule has 3 aliphatic heterocycles. The van der Waals surface area contributed by atoms with E-state index in [4.69, 9.17) is 0 Å². The fourth-order valence-corrected chi connectivity index (χ4v) is 6.68. The highest BCUT2D eigenvalue weighted by Crippen LogP contribution is 2.40. The molecule has 36 heavy (non-hydrogen) atoms. The molecule has 186 valence electrons.